The number of nitrogens with zero attached hydrogens (tertiary/aromatic N) is 1. The lowest BCUT2D eigenvalue weighted by Crippen LogP contribution is -2.74. The third-order valence-electron chi connectivity index (χ3n) is 9.24. The highest BCUT2D eigenvalue weighted by atomic mass is 16.7. The Morgan fingerprint density at radius 1 is 1.18 bits per heavy atom. The Balaban J connectivity index is 1.38. The van der Waals surface area contributed by atoms with Crippen molar-refractivity contribution in [2.45, 2.75) is 55.3 Å². The number of fused-ring (bicyclic) bond motifs is 4. The van der Waals surface area contributed by atoms with Gasteiger partial charge < -0.3 is 23.7 Å². The lowest BCUT2D eigenvalue weighted by Gasteiger charge is -2.62. The fourth-order valence-electron chi connectivity index (χ4n) is 7.65. The molecular formula is C28H29NO5. The fraction of sp³-hybridized carbons (Fsp3) is 0.500. The summed E-state index contributed by atoms with van der Waals surface area (Å²) in [6.07, 6.45) is 4.54. The maximum atomic E-state index is 12.9. The van der Waals surface area contributed by atoms with Gasteiger partial charge in [-0.15, -0.1) is 0 Å². The number of ether oxygens (including phenoxy) is 3. The molecule has 2 bridgehead atoms. The van der Waals surface area contributed by atoms with Gasteiger partial charge in [0.15, 0.2) is 24.4 Å². The van der Waals surface area contributed by atoms with Crippen LogP contribution >= 0.6 is 0 Å². The minimum absolute atomic E-state index is 0.0685. The molecule has 6 heteroatoms. The Bertz CT molecular complexity index is 1330. The molecule has 1 N–H and O–H groups in total. The number of para-hydroxylation sites is 1. The molecule has 34 heavy (non-hydrogen) atoms. The number of hydrogen-bond donors (Lipinski definition) is 1. The van der Waals surface area contributed by atoms with Gasteiger partial charge in [-0.1, -0.05) is 24.3 Å². The summed E-state index contributed by atoms with van der Waals surface area (Å²) in [7, 11) is 1.62. The van der Waals surface area contributed by atoms with Crippen LogP contribution in [-0.2, 0) is 23.0 Å². The smallest absolute Gasteiger partial charge is 0.188 e. The van der Waals surface area contributed by atoms with Crippen LogP contribution in [0.1, 0.15) is 47.8 Å². The van der Waals surface area contributed by atoms with Gasteiger partial charge in [-0.05, 0) is 55.8 Å². The number of furan rings is 1. The minimum Gasteiger partial charge on any atom is -0.477 e. The molecule has 1 saturated heterocycles. The molecule has 2 aromatic carbocycles. The summed E-state index contributed by atoms with van der Waals surface area (Å²) in [5.74, 6) is 3.11. The number of hydrogen-bond acceptors (Lipinski definition) is 6. The lowest BCUT2D eigenvalue weighted by atomic mass is 9.49. The fourth-order valence-corrected chi connectivity index (χ4v) is 7.65. The zero-order valence-corrected chi connectivity index (χ0v) is 19.4. The summed E-state index contributed by atoms with van der Waals surface area (Å²) in [6.45, 7) is 2.22. The number of piperidine rings is 1. The SMILES string of the molecule is COCOc1ccc2c3c1O[C@H]1c4oc5ccccc5c4C[C@@]4(O)[C@@H](C2)N(CC2CC2)CC[C@]314. The lowest BCUT2D eigenvalue weighted by molar-refractivity contribution is -0.175. The van der Waals surface area contributed by atoms with Crippen LogP contribution in [-0.4, -0.2) is 48.6 Å². The Hall–Kier alpha value is -2.54. The molecule has 6 nitrogen and oxygen atoms in total. The molecule has 3 aliphatic carbocycles. The predicted molar refractivity (Wildman–Crippen MR) is 125 cm³/mol. The topological polar surface area (TPSA) is 64.3 Å². The van der Waals surface area contributed by atoms with Crippen LogP contribution in [0.25, 0.3) is 11.0 Å². The summed E-state index contributed by atoms with van der Waals surface area (Å²) < 4.78 is 24.4. The van der Waals surface area contributed by atoms with E-state index in [9.17, 15) is 5.11 Å². The van der Waals surface area contributed by atoms with Crippen LogP contribution in [0.15, 0.2) is 40.8 Å². The van der Waals surface area contributed by atoms with Gasteiger partial charge in [0.05, 0.1) is 11.0 Å². The molecule has 5 aliphatic rings. The molecule has 3 heterocycles. The normalized spacial score (nSPS) is 32.9. The number of aliphatic hydroxyl groups is 1. The van der Waals surface area contributed by atoms with Crippen LogP contribution in [0.3, 0.4) is 0 Å². The monoisotopic (exact) mass is 459 g/mol. The van der Waals surface area contributed by atoms with E-state index >= 15 is 0 Å². The molecular weight excluding hydrogens is 430 g/mol. The summed E-state index contributed by atoms with van der Waals surface area (Å²) >= 11 is 0. The molecule has 176 valence electrons. The van der Waals surface area contributed by atoms with Crippen LogP contribution in [0.5, 0.6) is 11.5 Å². The first-order valence-electron chi connectivity index (χ1n) is 12.6. The standard InChI is InChI=1S/C28H29NO5/c1-31-15-32-21-9-8-17-12-22-28(30)13-19-18-4-2-3-5-20(18)33-24(19)26-27(28,23(17)25(21)34-26)10-11-29(22)14-16-6-7-16/h2-5,8-9,16,22,26,30H,6-7,10-15H2,1H3/t22-,26+,27+,28-/m1/s1. The molecule has 3 aromatic rings. The van der Waals surface area contributed by atoms with Crippen molar-refractivity contribution in [3.05, 3.63) is 58.8 Å². The van der Waals surface area contributed by atoms with Gasteiger partial charge >= 0.3 is 0 Å². The van der Waals surface area contributed by atoms with Crippen molar-refractivity contribution in [3.8, 4) is 11.5 Å². The first-order chi connectivity index (χ1) is 16.6. The van der Waals surface area contributed by atoms with E-state index in [0.717, 1.165) is 65.5 Å². The van der Waals surface area contributed by atoms with E-state index in [2.05, 4.69) is 17.0 Å². The van der Waals surface area contributed by atoms with E-state index in [4.69, 9.17) is 18.6 Å². The van der Waals surface area contributed by atoms with Crippen molar-refractivity contribution in [1.29, 1.82) is 0 Å². The van der Waals surface area contributed by atoms with Crippen molar-refractivity contribution in [1.82, 2.24) is 4.90 Å². The third kappa shape index (κ3) is 2.27. The number of likely N-dealkylation sites (tertiary alicyclic amines) is 1. The molecule has 4 atom stereocenters. The Morgan fingerprint density at radius 3 is 2.91 bits per heavy atom. The average Bonchev–Trinajstić information content (AvgIpc) is 3.48. The second-order valence-corrected chi connectivity index (χ2v) is 10.9. The molecule has 0 amide bonds. The summed E-state index contributed by atoms with van der Waals surface area (Å²) in [5, 5.41) is 14.0. The summed E-state index contributed by atoms with van der Waals surface area (Å²) in [4.78, 5) is 2.59. The Kier molecular flexibility index (Phi) is 3.81. The number of rotatable bonds is 5. The van der Waals surface area contributed by atoms with Gasteiger partial charge in [-0.25, -0.2) is 0 Å². The van der Waals surface area contributed by atoms with Gasteiger partial charge in [-0.3, -0.25) is 4.90 Å². The van der Waals surface area contributed by atoms with Crippen molar-refractivity contribution < 1.29 is 23.7 Å². The van der Waals surface area contributed by atoms with E-state index < -0.39 is 11.0 Å². The third-order valence-corrected chi connectivity index (χ3v) is 9.24. The molecule has 0 unspecified atom stereocenters. The number of benzene rings is 2. The average molecular weight is 460 g/mol. The molecule has 1 spiro atoms. The first-order valence-corrected chi connectivity index (χ1v) is 12.6. The summed E-state index contributed by atoms with van der Waals surface area (Å²) in [5.41, 5.74) is 2.93. The second kappa shape index (κ2) is 6.56. The second-order valence-electron chi connectivity index (χ2n) is 10.9. The van der Waals surface area contributed by atoms with E-state index in [1.807, 2.05) is 24.3 Å². The van der Waals surface area contributed by atoms with Gasteiger partial charge in [0.25, 0.3) is 0 Å². The van der Waals surface area contributed by atoms with E-state index in [1.165, 1.54) is 18.4 Å². The molecule has 1 saturated carbocycles. The quantitative estimate of drug-likeness (QED) is 0.580. The maximum Gasteiger partial charge on any atom is 0.188 e. The van der Waals surface area contributed by atoms with Gasteiger partial charge in [0, 0.05) is 42.6 Å². The van der Waals surface area contributed by atoms with Gasteiger partial charge in [0.2, 0.25) is 0 Å². The van der Waals surface area contributed by atoms with Crippen molar-refractivity contribution >= 4 is 11.0 Å². The Labute approximate surface area is 198 Å². The molecule has 8 rings (SSSR count). The molecule has 2 aliphatic heterocycles. The van der Waals surface area contributed by atoms with Crippen LogP contribution < -0.4 is 9.47 Å². The molecule has 2 fully saturated rings. The van der Waals surface area contributed by atoms with E-state index in [0.29, 0.717) is 12.2 Å². The zero-order valence-electron chi connectivity index (χ0n) is 19.4. The highest BCUT2D eigenvalue weighted by Crippen LogP contribution is 2.69. The van der Waals surface area contributed by atoms with E-state index in [-0.39, 0.29) is 18.9 Å². The highest BCUT2D eigenvalue weighted by Gasteiger charge is 2.73. The van der Waals surface area contributed by atoms with Gasteiger partial charge in [0.1, 0.15) is 11.3 Å². The molecule has 0 radical (unpaired) electrons. The van der Waals surface area contributed by atoms with Gasteiger partial charge in [-0.2, -0.15) is 0 Å². The summed E-state index contributed by atoms with van der Waals surface area (Å²) in [6, 6.07) is 12.4. The Morgan fingerprint density at radius 2 is 2.06 bits per heavy atom. The maximum absolute atomic E-state index is 12.9. The molecule has 1 aromatic heterocycles. The zero-order chi connectivity index (χ0) is 22.7. The van der Waals surface area contributed by atoms with Crippen LogP contribution in [0.4, 0.5) is 0 Å². The number of methoxy groups -OCH3 is 1. The van der Waals surface area contributed by atoms with E-state index in [1.54, 1.807) is 7.11 Å². The predicted octanol–water partition coefficient (Wildman–Crippen LogP) is 4.11. The van der Waals surface area contributed by atoms with Crippen LogP contribution in [0, 0.1) is 5.92 Å². The van der Waals surface area contributed by atoms with Crippen molar-refractivity contribution in [3.63, 3.8) is 0 Å². The van der Waals surface area contributed by atoms with Crippen molar-refractivity contribution in [2.75, 3.05) is 27.0 Å². The first kappa shape index (κ1) is 19.7. The van der Waals surface area contributed by atoms with Crippen LogP contribution in [0.2, 0.25) is 0 Å². The largest absolute Gasteiger partial charge is 0.477 e. The van der Waals surface area contributed by atoms with Crippen molar-refractivity contribution in [2.24, 2.45) is 5.92 Å². The highest BCUT2D eigenvalue weighted by molar-refractivity contribution is 5.84. The minimum atomic E-state index is -0.928.